The summed E-state index contributed by atoms with van der Waals surface area (Å²) in [6.45, 7) is 10.1. The Labute approximate surface area is 154 Å². The number of anilines is 1. The number of carbonyl (C=O) groups is 1. The second kappa shape index (κ2) is 7.89. The Morgan fingerprint density at radius 2 is 1.96 bits per heavy atom. The van der Waals surface area contributed by atoms with Crippen LogP contribution in [0.2, 0.25) is 0 Å². The van der Waals surface area contributed by atoms with Crippen molar-refractivity contribution < 1.29 is 9.53 Å². The Kier molecular flexibility index (Phi) is 6.08. The SMILES string of the molecule is Cc1c(N=[N+]=[N-])cc(CS)cc1N1CCN(C(=O)OC(C)(C)C)CC1. The smallest absolute Gasteiger partial charge is 0.410 e. The summed E-state index contributed by atoms with van der Waals surface area (Å²) in [6.07, 6.45) is -0.275. The van der Waals surface area contributed by atoms with E-state index in [1.54, 1.807) is 4.90 Å². The average molecular weight is 363 g/mol. The van der Waals surface area contributed by atoms with Gasteiger partial charge in [-0.1, -0.05) is 5.11 Å². The molecule has 0 bridgehead atoms. The van der Waals surface area contributed by atoms with Crippen LogP contribution in [-0.4, -0.2) is 42.8 Å². The molecule has 2 rings (SSSR count). The molecule has 1 saturated heterocycles. The van der Waals surface area contributed by atoms with Crippen LogP contribution in [0.5, 0.6) is 0 Å². The number of benzene rings is 1. The number of nitrogens with zero attached hydrogens (tertiary/aromatic N) is 5. The Balaban J connectivity index is 2.14. The highest BCUT2D eigenvalue weighted by Crippen LogP contribution is 2.32. The second-order valence-electron chi connectivity index (χ2n) is 7.06. The molecule has 8 heteroatoms. The lowest BCUT2D eigenvalue weighted by atomic mass is 10.1. The van der Waals surface area contributed by atoms with Gasteiger partial charge in [0.15, 0.2) is 0 Å². The molecule has 0 atom stereocenters. The van der Waals surface area contributed by atoms with Crippen molar-refractivity contribution in [2.24, 2.45) is 5.11 Å². The van der Waals surface area contributed by atoms with Crippen molar-refractivity contribution in [3.8, 4) is 0 Å². The molecule has 1 aliphatic rings. The summed E-state index contributed by atoms with van der Waals surface area (Å²) in [4.78, 5) is 19.0. The van der Waals surface area contributed by atoms with Crippen molar-refractivity contribution in [3.05, 3.63) is 33.7 Å². The summed E-state index contributed by atoms with van der Waals surface area (Å²) < 4.78 is 5.43. The van der Waals surface area contributed by atoms with Gasteiger partial charge in [-0.25, -0.2) is 4.79 Å². The number of thiol groups is 1. The Bertz CT molecular complexity index is 687. The minimum absolute atomic E-state index is 0.275. The maximum absolute atomic E-state index is 12.2. The number of hydrogen-bond donors (Lipinski definition) is 1. The van der Waals surface area contributed by atoms with Gasteiger partial charge in [-0.05, 0) is 56.5 Å². The van der Waals surface area contributed by atoms with Gasteiger partial charge in [0.05, 0.1) is 0 Å². The number of ether oxygens (including phenoxy) is 1. The van der Waals surface area contributed by atoms with Crippen molar-refractivity contribution in [1.82, 2.24) is 4.90 Å². The van der Waals surface area contributed by atoms with E-state index in [1.807, 2.05) is 33.8 Å². The lowest BCUT2D eigenvalue weighted by Gasteiger charge is -2.37. The first-order chi connectivity index (χ1) is 11.7. The molecule has 0 N–H and O–H groups in total. The third kappa shape index (κ3) is 4.96. The number of amides is 1. The van der Waals surface area contributed by atoms with E-state index in [2.05, 4.69) is 33.6 Å². The molecule has 7 nitrogen and oxygen atoms in total. The van der Waals surface area contributed by atoms with Gasteiger partial charge in [0.25, 0.3) is 0 Å². The van der Waals surface area contributed by atoms with E-state index in [-0.39, 0.29) is 6.09 Å². The molecule has 0 spiro atoms. The normalized spacial score (nSPS) is 14.9. The highest BCUT2D eigenvalue weighted by molar-refractivity contribution is 7.79. The molecule has 1 aromatic rings. The molecule has 0 aromatic heterocycles. The molecule has 0 saturated carbocycles. The molecule has 0 aliphatic carbocycles. The fourth-order valence-corrected chi connectivity index (χ4v) is 2.95. The molecule has 0 unspecified atom stereocenters. The molecule has 25 heavy (non-hydrogen) atoms. The number of azide groups is 1. The first-order valence-corrected chi connectivity index (χ1v) is 8.91. The lowest BCUT2D eigenvalue weighted by Crippen LogP contribution is -2.50. The van der Waals surface area contributed by atoms with E-state index in [0.29, 0.717) is 37.6 Å². The van der Waals surface area contributed by atoms with Crippen LogP contribution in [0.15, 0.2) is 17.2 Å². The monoisotopic (exact) mass is 363 g/mol. The van der Waals surface area contributed by atoms with Crippen molar-refractivity contribution in [1.29, 1.82) is 0 Å². The van der Waals surface area contributed by atoms with E-state index in [9.17, 15) is 4.79 Å². The Morgan fingerprint density at radius 1 is 1.32 bits per heavy atom. The molecular formula is C17H25N5O2S. The summed E-state index contributed by atoms with van der Waals surface area (Å²) in [7, 11) is 0. The van der Waals surface area contributed by atoms with E-state index >= 15 is 0 Å². The zero-order valence-corrected chi connectivity index (χ0v) is 16.1. The van der Waals surface area contributed by atoms with Crippen molar-refractivity contribution >= 4 is 30.1 Å². The number of rotatable bonds is 3. The molecule has 0 radical (unpaired) electrons. The minimum Gasteiger partial charge on any atom is -0.444 e. The summed E-state index contributed by atoms with van der Waals surface area (Å²) >= 11 is 4.33. The Morgan fingerprint density at radius 3 is 2.48 bits per heavy atom. The van der Waals surface area contributed by atoms with Crippen molar-refractivity contribution in [2.75, 3.05) is 31.1 Å². The van der Waals surface area contributed by atoms with Gasteiger partial charge in [-0.2, -0.15) is 12.6 Å². The molecular weight excluding hydrogens is 338 g/mol. The number of carbonyl (C=O) groups excluding carboxylic acids is 1. The van der Waals surface area contributed by atoms with Crippen LogP contribution in [0, 0.1) is 6.92 Å². The summed E-state index contributed by atoms with van der Waals surface area (Å²) in [5.41, 5.74) is 11.9. The summed E-state index contributed by atoms with van der Waals surface area (Å²) in [5, 5.41) is 3.79. The fraction of sp³-hybridized carbons (Fsp3) is 0.588. The molecule has 1 aromatic carbocycles. The van der Waals surface area contributed by atoms with E-state index in [1.165, 1.54) is 0 Å². The van der Waals surface area contributed by atoms with Crippen LogP contribution in [0.3, 0.4) is 0 Å². The van der Waals surface area contributed by atoms with Crippen LogP contribution < -0.4 is 4.90 Å². The molecule has 136 valence electrons. The first-order valence-electron chi connectivity index (χ1n) is 8.27. The van der Waals surface area contributed by atoms with E-state index in [0.717, 1.165) is 16.8 Å². The van der Waals surface area contributed by atoms with Crippen LogP contribution in [0.25, 0.3) is 10.4 Å². The zero-order valence-electron chi connectivity index (χ0n) is 15.2. The molecule has 1 heterocycles. The van der Waals surface area contributed by atoms with E-state index in [4.69, 9.17) is 10.3 Å². The van der Waals surface area contributed by atoms with Gasteiger partial charge >= 0.3 is 6.09 Å². The molecule has 1 aliphatic heterocycles. The third-order valence-corrected chi connectivity index (χ3v) is 4.38. The summed E-state index contributed by atoms with van der Waals surface area (Å²) in [5.74, 6) is 0.569. The predicted molar refractivity (Wildman–Crippen MR) is 103 cm³/mol. The quantitative estimate of drug-likeness (QED) is 0.373. The van der Waals surface area contributed by atoms with Gasteiger partial charge in [0, 0.05) is 48.2 Å². The van der Waals surface area contributed by atoms with Crippen LogP contribution in [-0.2, 0) is 10.5 Å². The third-order valence-electron chi connectivity index (χ3n) is 4.02. The van der Waals surface area contributed by atoms with E-state index < -0.39 is 5.60 Å². The number of hydrogen-bond acceptors (Lipinski definition) is 5. The van der Waals surface area contributed by atoms with Crippen LogP contribution >= 0.6 is 12.6 Å². The predicted octanol–water partition coefficient (Wildman–Crippen LogP) is 4.42. The van der Waals surface area contributed by atoms with Crippen LogP contribution in [0.4, 0.5) is 16.2 Å². The van der Waals surface area contributed by atoms with Gasteiger partial charge < -0.3 is 14.5 Å². The molecule has 1 fully saturated rings. The zero-order chi connectivity index (χ0) is 18.6. The van der Waals surface area contributed by atoms with Gasteiger partial charge in [0.1, 0.15) is 5.60 Å². The minimum atomic E-state index is -0.490. The highest BCUT2D eigenvalue weighted by Gasteiger charge is 2.26. The Hall–Kier alpha value is -2.05. The topological polar surface area (TPSA) is 81.5 Å². The number of piperazine rings is 1. The maximum atomic E-state index is 12.2. The lowest BCUT2D eigenvalue weighted by molar-refractivity contribution is 0.0240. The largest absolute Gasteiger partial charge is 0.444 e. The second-order valence-corrected chi connectivity index (χ2v) is 7.38. The van der Waals surface area contributed by atoms with Gasteiger partial charge in [-0.3, -0.25) is 0 Å². The standard InChI is InChI=1S/C17H25N5O2S/c1-12-14(19-20-18)9-13(11-25)10-15(12)21-5-7-22(8-6-21)16(23)24-17(2,3)4/h9-10,25H,5-8,11H2,1-4H3. The van der Waals surface area contributed by atoms with Crippen molar-refractivity contribution in [3.63, 3.8) is 0 Å². The van der Waals surface area contributed by atoms with Crippen LogP contribution in [0.1, 0.15) is 31.9 Å². The fourth-order valence-electron chi connectivity index (χ4n) is 2.77. The van der Waals surface area contributed by atoms with Crippen molar-refractivity contribution in [2.45, 2.75) is 39.0 Å². The summed E-state index contributed by atoms with van der Waals surface area (Å²) in [6, 6.07) is 3.93. The highest BCUT2D eigenvalue weighted by atomic mass is 32.1. The van der Waals surface area contributed by atoms with Gasteiger partial charge in [-0.15, -0.1) is 0 Å². The van der Waals surface area contributed by atoms with Gasteiger partial charge in [0.2, 0.25) is 0 Å². The maximum Gasteiger partial charge on any atom is 0.410 e. The average Bonchev–Trinajstić information content (AvgIpc) is 2.55. The molecule has 1 amide bonds. The first kappa shape index (κ1) is 19.3.